The van der Waals surface area contributed by atoms with Gasteiger partial charge in [-0.25, -0.2) is 4.98 Å². The molecule has 1 saturated heterocycles. The molecule has 1 aliphatic heterocycles. The van der Waals surface area contributed by atoms with Crippen molar-refractivity contribution in [2.24, 2.45) is 7.05 Å². The third-order valence-electron chi connectivity index (χ3n) is 3.14. The minimum absolute atomic E-state index is 0.433. The van der Waals surface area contributed by atoms with Crippen molar-refractivity contribution in [3.8, 4) is 11.3 Å². The summed E-state index contributed by atoms with van der Waals surface area (Å²) >= 11 is 3.50. The van der Waals surface area contributed by atoms with Gasteiger partial charge in [0.05, 0.1) is 30.5 Å². The second kappa shape index (κ2) is 4.27. The molecule has 0 amide bonds. The molecule has 0 atom stereocenters. The van der Waals surface area contributed by atoms with Crippen LogP contribution in [0.5, 0.6) is 0 Å². The van der Waals surface area contributed by atoms with Crippen LogP contribution in [0.1, 0.15) is 11.6 Å². The maximum Gasteiger partial charge on any atom is 0.177 e. The molecule has 17 heavy (non-hydrogen) atoms. The Labute approximate surface area is 109 Å². The average Bonchev–Trinajstić information content (AvgIpc) is 2.54. The normalized spacial score (nSPS) is 15.9. The molecule has 0 aliphatic carbocycles. The minimum Gasteiger partial charge on any atom is -0.380 e. The summed E-state index contributed by atoms with van der Waals surface area (Å²) in [4.78, 5) is 4.61. The highest BCUT2D eigenvalue weighted by Crippen LogP contribution is 2.34. The maximum absolute atomic E-state index is 5.26. The van der Waals surface area contributed by atoms with E-state index in [0.29, 0.717) is 5.92 Å². The summed E-state index contributed by atoms with van der Waals surface area (Å²) < 4.78 is 8.22. The van der Waals surface area contributed by atoms with Crippen LogP contribution in [0.4, 0.5) is 0 Å². The summed E-state index contributed by atoms with van der Waals surface area (Å²) in [5.41, 5.74) is 3.53. The Morgan fingerprint density at radius 3 is 2.59 bits per heavy atom. The number of benzene rings is 1. The van der Waals surface area contributed by atoms with Gasteiger partial charge in [-0.1, -0.05) is 30.3 Å². The fourth-order valence-corrected chi connectivity index (χ4v) is 2.48. The zero-order valence-electron chi connectivity index (χ0n) is 9.56. The molecule has 1 aromatic heterocycles. The summed E-state index contributed by atoms with van der Waals surface area (Å²) in [5.74, 6) is 0.433. The quantitative estimate of drug-likeness (QED) is 0.851. The van der Waals surface area contributed by atoms with Crippen LogP contribution in [-0.4, -0.2) is 22.8 Å². The standard InChI is InChI=1S/C13H13BrN2O/c1-16-12(9-5-3-2-4-6-9)11(15-13(16)14)10-7-17-8-10/h2-6,10H,7-8H2,1H3. The lowest BCUT2D eigenvalue weighted by Crippen LogP contribution is -2.26. The number of halogens is 1. The number of rotatable bonds is 2. The first-order valence-electron chi connectivity index (χ1n) is 5.62. The molecule has 3 nitrogen and oxygen atoms in total. The van der Waals surface area contributed by atoms with Crippen LogP contribution >= 0.6 is 15.9 Å². The van der Waals surface area contributed by atoms with E-state index in [1.165, 1.54) is 11.3 Å². The van der Waals surface area contributed by atoms with Gasteiger partial charge in [0.25, 0.3) is 0 Å². The highest BCUT2D eigenvalue weighted by molar-refractivity contribution is 9.10. The summed E-state index contributed by atoms with van der Waals surface area (Å²) in [6, 6.07) is 10.4. The smallest absolute Gasteiger partial charge is 0.177 e. The number of ether oxygens (including phenoxy) is 1. The highest BCUT2D eigenvalue weighted by Gasteiger charge is 2.28. The number of aromatic nitrogens is 2. The molecular formula is C13H13BrN2O. The van der Waals surface area contributed by atoms with Gasteiger partial charge in [0.2, 0.25) is 0 Å². The van der Waals surface area contributed by atoms with Crippen LogP contribution in [0.2, 0.25) is 0 Å². The molecule has 0 N–H and O–H groups in total. The van der Waals surface area contributed by atoms with Crippen molar-refractivity contribution < 1.29 is 4.74 Å². The number of nitrogens with zero attached hydrogens (tertiary/aromatic N) is 2. The van der Waals surface area contributed by atoms with Crippen molar-refractivity contribution in [1.29, 1.82) is 0 Å². The Kier molecular flexibility index (Phi) is 2.76. The lowest BCUT2D eigenvalue weighted by Gasteiger charge is -2.25. The van der Waals surface area contributed by atoms with Crippen molar-refractivity contribution in [2.75, 3.05) is 13.2 Å². The van der Waals surface area contributed by atoms with Crippen LogP contribution in [-0.2, 0) is 11.8 Å². The van der Waals surface area contributed by atoms with E-state index in [4.69, 9.17) is 4.74 Å². The van der Waals surface area contributed by atoms with Gasteiger partial charge in [-0.3, -0.25) is 0 Å². The Bertz CT molecular complexity index is 532. The summed E-state index contributed by atoms with van der Waals surface area (Å²) in [6.07, 6.45) is 0. The van der Waals surface area contributed by atoms with Crippen LogP contribution in [0.25, 0.3) is 11.3 Å². The van der Waals surface area contributed by atoms with Gasteiger partial charge in [-0.2, -0.15) is 0 Å². The molecule has 1 fully saturated rings. The van der Waals surface area contributed by atoms with E-state index in [1.807, 2.05) is 13.1 Å². The first kappa shape index (κ1) is 11.0. The van der Waals surface area contributed by atoms with E-state index in [2.05, 4.69) is 49.7 Å². The Hall–Kier alpha value is -1.13. The van der Waals surface area contributed by atoms with Crippen molar-refractivity contribution in [2.45, 2.75) is 5.92 Å². The van der Waals surface area contributed by atoms with E-state index in [-0.39, 0.29) is 0 Å². The Morgan fingerprint density at radius 1 is 1.29 bits per heavy atom. The Morgan fingerprint density at radius 2 is 2.00 bits per heavy atom. The van der Waals surface area contributed by atoms with Crippen molar-refractivity contribution >= 4 is 15.9 Å². The fraction of sp³-hybridized carbons (Fsp3) is 0.308. The third kappa shape index (κ3) is 1.81. The van der Waals surface area contributed by atoms with Crippen molar-refractivity contribution in [3.05, 3.63) is 40.8 Å². The highest BCUT2D eigenvalue weighted by atomic mass is 79.9. The van der Waals surface area contributed by atoms with E-state index < -0.39 is 0 Å². The van der Waals surface area contributed by atoms with Crippen molar-refractivity contribution in [3.63, 3.8) is 0 Å². The summed E-state index contributed by atoms with van der Waals surface area (Å²) in [7, 11) is 2.03. The molecule has 0 unspecified atom stereocenters. The largest absolute Gasteiger partial charge is 0.380 e. The van der Waals surface area contributed by atoms with Crippen LogP contribution < -0.4 is 0 Å². The maximum atomic E-state index is 5.26. The molecule has 0 saturated carbocycles. The summed E-state index contributed by atoms with van der Waals surface area (Å²) in [5, 5.41) is 0. The Balaban J connectivity index is 2.14. The molecular weight excluding hydrogens is 280 g/mol. The fourth-order valence-electron chi connectivity index (χ4n) is 2.11. The predicted octanol–water partition coefficient (Wildman–Crippen LogP) is 2.96. The van der Waals surface area contributed by atoms with Gasteiger partial charge in [-0.05, 0) is 15.9 Å². The molecule has 3 rings (SSSR count). The molecule has 1 aromatic carbocycles. The first-order chi connectivity index (χ1) is 8.27. The second-order valence-corrected chi connectivity index (χ2v) is 4.98. The van der Waals surface area contributed by atoms with Gasteiger partial charge < -0.3 is 9.30 Å². The second-order valence-electron chi connectivity index (χ2n) is 4.27. The van der Waals surface area contributed by atoms with Crippen LogP contribution in [0.15, 0.2) is 35.1 Å². The monoisotopic (exact) mass is 292 g/mol. The van der Waals surface area contributed by atoms with E-state index in [1.54, 1.807) is 0 Å². The molecule has 0 radical (unpaired) electrons. The topological polar surface area (TPSA) is 27.1 Å². The SMILES string of the molecule is Cn1c(Br)nc(C2COC2)c1-c1ccccc1. The molecule has 0 bridgehead atoms. The molecule has 0 spiro atoms. The average molecular weight is 293 g/mol. The molecule has 1 aliphatic rings. The van der Waals surface area contributed by atoms with Gasteiger partial charge in [0.15, 0.2) is 4.73 Å². The lowest BCUT2D eigenvalue weighted by molar-refractivity contribution is 0.00705. The zero-order valence-corrected chi connectivity index (χ0v) is 11.1. The summed E-state index contributed by atoms with van der Waals surface area (Å²) in [6.45, 7) is 1.56. The number of hydrogen-bond donors (Lipinski definition) is 0. The van der Waals surface area contributed by atoms with E-state index >= 15 is 0 Å². The van der Waals surface area contributed by atoms with E-state index in [0.717, 1.165) is 23.6 Å². The molecule has 2 heterocycles. The molecule has 88 valence electrons. The zero-order chi connectivity index (χ0) is 11.8. The lowest BCUT2D eigenvalue weighted by atomic mass is 9.98. The van der Waals surface area contributed by atoms with Crippen molar-refractivity contribution in [1.82, 2.24) is 9.55 Å². The molecule has 4 heteroatoms. The van der Waals surface area contributed by atoms with Gasteiger partial charge in [-0.15, -0.1) is 0 Å². The number of hydrogen-bond acceptors (Lipinski definition) is 2. The third-order valence-corrected chi connectivity index (χ3v) is 3.85. The van der Waals surface area contributed by atoms with Gasteiger partial charge >= 0.3 is 0 Å². The predicted molar refractivity (Wildman–Crippen MR) is 69.9 cm³/mol. The van der Waals surface area contributed by atoms with Crippen LogP contribution in [0, 0.1) is 0 Å². The first-order valence-corrected chi connectivity index (χ1v) is 6.42. The van der Waals surface area contributed by atoms with E-state index in [9.17, 15) is 0 Å². The molecule has 2 aromatic rings. The minimum atomic E-state index is 0.433. The van der Waals surface area contributed by atoms with Gasteiger partial charge in [0.1, 0.15) is 0 Å². The number of imidazole rings is 1. The van der Waals surface area contributed by atoms with Gasteiger partial charge in [0, 0.05) is 12.6 Å². The van der Waals surface area contributed by atoms with Crippen LogP contribution in [0.3, 0.4) is 0 Å².